The van der Waals surface area contributed by atoms with Gasteiger partial charge in [0.05, 0.1) is 0 Å². The van der Waals surface area contributed by atoms with Crippen LogP contribution in [0.5, 0.6) is 5.75 Å². The summed E-state index contributed by atoms with van der Waals surface area (Å²) in [5.74, 6) is 0.989. The molecular weight excluding hydrogens is 268 g/mol. The molecule has 3 nitrogen and oxygen atoms in total. The monoisotopic (exact) mass is 286 g/mol. The Labute approximate surface area is 123 Å². The summed E-state index contributed by atoms with van der Waals surface area (Å²) >= 11 is 1.67. The fourth-order valence-corrected chi connectivity index (χ4v) is 2.46. The summed E-state index contributed by atoms with van der Waals surface area (Å²) in [6, 6.07) is 13.7. The number of ether oxygens (including phenoxy) is 1. The van der Waals surface area contributed by atoms with Crippen LogP contribution in [-0.2, 0) is 6.61 Å². The minimum Gasteiger partial charge on any atom is -0.488 e. The van der Waals surface area contributed by atoms with Gasteiger partial charge in [0.15, 0.2) is 0 Å². The number of benzene rings is 2. The average molecular weight is 286 g/mol. The van der Waals surface area contributed by atoms with Crippen LogP contribution in [0.3, 0.4) is 0 Å². The number of rotatable bonds is 5. The molecule has 0 aliphatic heterocycles. The van der Waals surface area contributed by atoms with Crippen molar-refractivity contribution in [3.8, 4) is 5.75 Å². The molecule has 4 heteroatoms. The van der Waals surface area contributed by atoms with Crippen molar-refractivity contribution in [3.05, 3.63) is 59.2 Å². The number of thioether (sulfide) groups is 1. The molecule has 0 spiro atoms. The Bertz CT molecular complexity index is 626. The zero-order chi connectivity index (χ0) is 14.5. The molecule has 0 aliphatic carbocycles. The minimum absolute atomic E-state index is 0.0910. The number of amidine groups is 1. The highest BCUT2D eigenvalue weighted by molar-refractivity contribution is 7.98. The Kier molecular flexibility index (Phi) is 4.69. The van der Waals surface area contributed by atoms with Gasteiger partial charge < -0.3 is 10.5 Å². The van der Waals surface area contributed by atoms with E-state index < -0.39 is 0 Å². The second-order valence-electron chi connectivity index (χ2n) is 4.49. The number of nitrogens with two attached hydrogens (primary N) is 1. The fraction of sp³-hybridized carbons (Fsp3) is 0.188. The Morgan fingerprint density at radius 2 is 2.00 bits per heavy atom. The van der Waals surface area contributed by atoms with E-state index >= 15 is 0 Å². The minimum atomic E-state index is 0.0910. The predicted octanol–water partition coefficient (Wildman–Crippen LogP) is 3.58. The van der Waals surface area contributed by atoms with Crippen molar-refractivity contribution >= 4 is 17.6 Å². The first kappa shape index (κ1) is 14.5. The highest BCUT2D eigenvalue weighted by Crippen LogP contribution is 2.27. The lowest BCUT2D eigenvalue weighted by atomic mass is 10.1. The molecule has 2 aromatic rings. The predicted molar refractivity (Wildman–Crippen MR) is 84.8 cm³/mol. The van der Waals surface area contributed by atoms with Crippen LogP contribution < -0.4 is 10.5 Å². The Hall–Kier alpha value is -1.94. The molecular formula is C16H18N2OS. The first-order valence-electron chi connectivity index (χ1n) is 6.31. The SMILES string of the molecule is CSc1ccccc1OCc1ccc(C(=N)N)cc1C. The van der Waals surface area contributed by atoms with E-state index in [1.54, 1.807) is 11.8 Å². The molecule has 104 valence electrons. The van der Waals surface area contributed by atoms with Crippen LogP contribution in [0.4, 0.5) is 0 Å². The van der Waals surface area contributed by atoms with E-state index in [1.165, 1.54) is 0 Å². The molecule has 3 N–H and O–H groups in total. The number of para-hydroxylation sites is 1. The molecule has 0 radical (unpaired) electrons. The van der Waals surface area contributed by atoms with Crippen LogP contribution >= 0.6 is 11.8 Å². The number of hydrogen-bond acceptors (Lipinski definition) is 3. The molecule has 0 amide bonds. The maximum atomic E-state index is 7.44. The smallest absolute Gasteiger partial charge is 0.133 e. The first-order chi connectivity index (χ1) is 9.61. The van der Waals surface area contributed by atoms with Crippen LogP contribution in [0.1, 0.15) is 16.7 Å². The topological polar surface area (TPSA) is 59.1 Å². The molecule has 20 heavy (non-hydrogen) atoms. The normalized spacial score (nSPS) is 10.3. The summed E-state index contributed by atoms with van der Waals surface area (Å²) in [4.78, 5) is 1.13. The van der Waals surface area contributed by atoms with Gasteiger partial charge >= 0.3 is 0 Å². The van der Waals surface area contributed by atoms with Crippen molar-refractivity contribution in [2.24, 2.45) is 5.73 Å². The molecule has 0 aliphatic rings. The molecule has 0 fully saturated rings. The Balaban J connectivity index is 2.13. The summed E-state index contributed by atoms with van der Waals surface area (Å²) in [7, 11) is 0. The Morgan fingerprint density at radius 1 is 1.25 bits per heavy atom. The van der Waals surface area contributed by atoms with E-state index in [9.17, 15) is 0 Å². The van der Waals surface area contributed by atoms with Crippen LogP contribution in [0.25, 0.3) is 0 Å². The van der Waals surface area contributed by atoms with Crippen molar-refractivity contribution in [2.75, 3.05) is 6.26 Å². The molecule has 0 heterocycles. The van der Waals surface area contributed by atoms with E-state index in [0.29, 0.717) is 6.61 Å². The van der Waals surface area contributed by atoms with E-state index in [4.69, 9.17) is 15.9 Å². The van der Waals surface area contributed by atoms with Crippen LogP contribution in [-0.4, -0.2) is 12.1 Å². The maximum Gasteiger partial charge on any atom is 0.133 e. The van der Waals surface area contributed by atoms with Crippen molar-refractivity contribution in [2.45, 2.75) is 18.4 Å². The van der Waals surface area contributed by atoms with Crippen LogP contribution in [0, 0.1) is 12.3 Å². The van der Waals surface area contributed by atoms with Gasteiger partial charge in [0.25, 0.3) is 0 Å². The van der Waals surface area contributed by atoms with E-state index in [0.717, 1.165) is 27.3 Å². The zero-order valence-corrected chi connectivity index (χ0v) is 12.5. The highest BCUT2D eigenvalue weighted by Gasteiger charge is 2.05. The number of hydrogen-bond donors (Lipinski definition) is 2. The number of nitrogens with one attached hydrogen (secondary N) is 1. The first-order valence-corrected chi connectivity index (χ1v) is 7.54. The third kappa shape index (κ3) is 3.33. The van der Waals surface area contributed by atoms with Gasteiger partial charge in [0.1, 0.15) is 18.2 Å². The molecule has 0 bridgehead atoms. The van der Waals surface area contributed by atoms with Gasteiger partial charge in [-0.05, 0) is 42.5 Å². The molecule has 0 aromatic heterocycles. The van der Waals surface area contributed by atoms with Gasteiger partial charge in [-0.25, -0.2) is 0 Å². The van der Waals surface area contributed by atoms with Crippen molar-refractivity contribution < 1.29 is 4.74 Å². The lowest BCUT2D eigenvalue weighted by molar-refractivity contribution is 0.298. The summed E-state index contributed by atoms with van der Waals surface area (Å²) in [5, 5.41) is 7.44. The highest BCUT2D eigenvalue weighted by atomic mass is 32.2. The van der Waals surface area contributed by atoms with E-state index in [2.05, 4.69) is 0 Å². The Morgan fingerprint density at radius 3 is 2.65 bits per heavy atom. The van der Waals surface area contributed by atoms with Crippen molar-refractivity contribution in [1.82, 2.24) is 0 Å². The van der Waals surface area contributed by atoms with Crippen LogP contribution in [0.15, 0.2) is 47.4 Å². The number of nitrogen functional groups attached to an aromatic ring is 1. The van der Waals surface area contributed by atoms with Gasteiger partial charge in [-0.1, -0.05) is 24.3 Å². The van der Waals surface area contributed by atoms with Crippen LogP contribution in [0.2, 0.25) is 0 Å². The number of aryl methyl sites for hydroxylation is 1. The largest absolute Gasteiger partial charge is 0.488 e. The molecule has 2 rings (SSSR count). The van der Waals surface area contributed by atoms with E-state index in [-0.39, 0.29) is 5.84 Å². The summed E-state index contributed by atoms with van der Waals surface area (Å²) in [5.41, 5.74) is 8.42. The molecule has 2 aromatic carbocycles. The fourth-order valence-electron chi connectivity index (χ4n) is 1.92. The van der Waals surface area contributed by atoms with Gasteiger partial charge in [-0.2, -0.15) is 0 Å². The lowest BCUT2D eigenvalue weighted by Crippen LogP contribution is -2.11. The third-order valence-corrected chi connectivity index (χ3v) is 3.88. The van der Waals surface area contributed by atoms with Gasteiger partial charge in [0, 0.05) is 10.5 Å². The van der Waals surface area contributed by atoms with E-state index in [1.807, 2.05) is 55.6 Å². The average Bonchev–Trinajstić information content (AvgIpc) is 2.46. The standard InChI is InChI=1S/C16H18N2OS/c1-11-9-12(16(17)18)7-8-13(11)10-19-14-5-3-4-6-15(14)20-2/h3-9H,10H2,1-2H3,(H3,17,18). The molecule has 0 unspecified atom stereocenters. The molecule has 0 atom stereocenters. The zero-order valence-electron chi connectivity index (χ0n) is 11.6. The lowest BCUT2D eigenvalue weighted by Gasteiger charge is -2.12. The second-order valence-corrected chi connectivity index (χ2v) is 5.34. The summed E-state index contributed by atoms with van der Waals surface area (Å²) in [6.45, 7) is 2.52. The van der Waals surface area contributed by atoms with Crippen molar-refractivity contribution in [3.63, 3.8) is 0 Å². The summed E-state index contributed by atoms with van der Waals surface area (Å²) in [6.07, 6.45) is 2.04. The summed E-state index contributed by atoms with van der Waals surface area (Å²) < 4.78 is 5.89. The van der Waals surface area contributed by atoms with Crippen molar-refractivity contribution in [1.29, 1.82) is 5.41 Å². The second kappa shape index (κ2) is 6.48. The maximum absolute atomic E-state index is 7.44. The quantitative estimate of drug-likeness (QED) is 0.502. The molecule has 0 saturated heterocycles. The molecule has 0 saturated carbocycles. The van der Waals surface area contributed by atoms with Gasteiger partial charge in [-0.3, -0.25) is 5.41 Å². The van der Waals surface area contributed by atoms with Gasteiger partial charge in [-0.15, -0.1) is 11.8 Å². The van der Waals surface area contributed by atoms with Gasteiger partial charge in [0.2, 0.25) is 0 Å². The third-order valence-electron chi connectivity index (χ3n) is 3.11.